The van der Waals surface area contributed by atoms with Crippen LogP contribution >= 0.6 is 0 Å². The van der Waals surface area contributed by atoms with Gasteiger partial charge in [-0.15, -0.1) is 0 Å². The lowest BCUT2D eigenvalue weighted by molar-refractivity contribution is -0.135. The van der Waals surface area contributed by atoms with Crippen LogP contribution in [0.3, 0.4) is 0 Å². The number of nitrogens with one attached hydrogen (secondary N) is 2. The number of aryl methyl sites for hydroxylation is 1. The van der Waals surface area contributed by atoms with Gasteiger partial charge in [0.25, 0.3) is 0 Å². The summed E-state index contributed by atoms with van der Waals surface area (Å²) in [5.41, 5.74) is 21.1. The van der Waals surface area contributed by atoms with Crippen molar-refractivity contribution in [1.29, 1.82) is 0 Å². The molecule has 0 aromatic heterocycles. The van der Waals surface area contributed by atoms with Gasteiger partial charge in [0.1, 0.15) is 12.3 Å². The first-order valence-corrected chi connectivity index (χ1v) is 15.4. The first-order valence-electron chi connectivity index (χ1n) is 15.4. The zero-order chi connectivity index (χ0) is 30.9. The molecule has 5 atom stereocenters. The van der Waals surface area contributed by atoms with Crippen LogP contribution < -0.4 is 32.6 Å². The minimum atomic E-state index is -0.788. The molecule has 8 N–H and O–H groups in total. The highest BCUT2D eigenvalue weighted by atomic mass is 16.5. The SMILES string of the molecule is Cc1cc(OC(=O)CNC(=O)CNC(=O)C(N)CCCN=C(N)N)cc2c1[C@]1(C)CCC3C(C)(C)CCC[C@]3(C)[C@H]1C2. The molecule has 2 fully saturated rings. The van der Waals surface area contributed by atoms with Gasteiger partial charge >= 0.3 is 5.97 Å². The second-order valence-corrected chi connectivity index (χ2v) is 13.9. The molecular weight excluding hydrogens is 532 g/mol. The molecule has 232 valence electrons. The molecule has 0 bridgehead atoms. The van der Waals surface area contributed by atoms with Crippen molar-refractivity contribution in [2.45, 2.75) is 97.4 Å². The fraction of sp³-hybridized carbons (Fsp3) is 0.688. The van der Waals surface area contributed by atoms with E-state index in [1.165, 1.54) is 48.8 Å². The van der Waals surface area contributed by atoms with E-state index in [1.807, 2.05) is 12.1 Å². The molecule has 1 aromatic rings. The van der Waals surface area contributed by atoms with E-state index in [9.17, 15) is 14.4 Å². The zero-order valence-corrected chi connectivity index (χ0v) is 26.0. The number of hydrogen-bond acceptors (Lipinski definition) is 6. The predicted octanol–water partition coefficient (Wildman–Crippen LogP) is 2.57. The molecule has 3 aliphatic rings. The number of fused-ring (bicyclic) bond motifs is 5. The number of aliphatic imine (C=N–C) groups is 1. The third-order valence-corrected chi connectivity index (χ3v) is 10.6. The first-order chi connectivity index (χ1) is 19.7. The van der Waals surface area contributed by atoms with E-state index in [4.69, 9.17) is 21.9 Å². The number of amides is 2. The quantitative estimate of drug-likeness (QED) is 0.0926. The predicted molar refractivity (Wildman–Crippen MR) is 164 cm³/mol. The molecular formula is C32H50N6O4. The Balaban J connectivity index is 1.30. The van der Waals surface area contributed by atoms with Crippen molar-refractivity contribution >= 4 is 23.7 Å². The summed E-state index contributed by atoms with van der Waals surface area (Å²) in [7, 11) is 0. The Morgan fingerprint density at radius 2 is 1.79 bits per heavy atom. The Morgan fingerprint density at radius 3 is 2.50 bits per heavy atom. The molecule has 0 aliphatic heterocycles. The van der Waals surface area contributed by atoms with Crippen LogP contribution in [0, 0.1) is 29.6 Å². The molecule has 4 rings (SSSR count). The molecule has 10 nitrogen and oxygen atoms in total. The second kappa shape index (κ2) is 12.2. The van der Waals surface area contributed by atoms with Crippen LogP contribution in [0.4, 0.5) is 0 Å². The maximum absolute atomic E-state index is 12.6. The van der Waals surface area contributed by atoms with Crippen LogP contribution in [-0.4, -0.2) is 49.4 Å². The van der Waals surface area contributed by atoms with Crippen molar-refractivity contribution in [2.24, 2.45) is 44.9 Å². The third-order valence-electron chi connectivity index (χ3n) is 10.6. The summed E-state index contributed by atoms with van der Waals surface area (Å²) in [5.74, 6) is 0.266. The molecule has 0 spiro atoms. The average Bonchev–Trinajstić information content (AvgIpc) is 3.21. The number of nitrogens with two attached hydrogens (primary N) is 3. The lowest BCUT2D eigenvalue weighted by Gasteiger charge is -2.61. The second-order valence-electron chi connectivity index (χ2n) is 13.9. The van der Waals surface area contributed by atoms with E-state index in [2.05, 4.69) is 50.2 Å². The molecule has 0 heterocycles. The number of benzene rings is 1. The van der Waals surface area contributed by atoms with E-state index in [-0.39, 0.29) is 24.5 Å². The monoisotopic (exact) mass is 582 g/mol. The summed E-state index contributed by atoms with van der Waals surface area (Å²) >= 11 is 0. The summed E-state index contributed by atoms with van der Waals surface area (Å²) in [6, 6.07) is 3.21. The van der Waals surface area contributed by atoms with Gasteiger partial charge in [0, 0.05) is 6.54 Å². The van der Waals surface area contributed by atoms with E-state index in [1.54, 1.807) is 0 Å². The van der Waals surface area contributed by atoms with Gasteiger partial charge in [-0.05, 0) is 109 Å². The molecule has 42 heavy (non-hydrogen) atoms. The van der Waals surface area contributed by atoms with Gasteiger partial charge in [0.15, 0.2) is 5.96 Å². The van der Waals surface area contributed by atoms with E-state index < -0.39 is 23.8 Å². The third kappa shape index (κ3) is 6.43. The maximum atomic E-state index is 12.6. The highest BCUT2D eigenvalue weighted by Gasteiger charge is 2.61. The Labute approximate surface area is 250 Å². The van der Waals surface area contributed by atoms with Gasteiger partial charge in [-0.3, -0.25) is 14.6 Å². The van der Waals surface area contributed by atoms with Crippen LogP contribution in [0.15, 0.2) is 17.1 Å². The van der Waals surface area contributed by atoms with Crippen molar-refractivity contribution in [1.82, 2.24) is 10.6 Å². The van der Waals surface area contributed by atoms with Gasteiger partial charge in [0.2, 0.25) is 11.8 Å². The topological polar surface area (TPSA) is 175 Å². The van der Waals surface area contributed by atoms with Gasteiger partial charge < -0.3 is 32.6 Å². The number of hydrogen-bond donors (Lipinski definition) is 5. The maximum Gasteiger partial charge on any atom is 0.330 e. The van der Waals surface area contributed by atoms with E-state index >= 15 is 0 Å². The van der Waals surface area contributed by atoms with Crippen molar-refractivity contribution in [3.63, 3.8) is 0 Å². The number of carbonyl (C=O) groups is 3. The fourth-order valence-electron chi connectivity index (χ4n) is 8.84. The van der Waals surface area contributed by atoms with Crippen LogP contribution in [0.1, 0.15) is 89.3 Å². The van der Waals surface area contributed by atoms with Crippen molar-refractivity contribution in [2.75, 3.05) is 19.6 Å². The Morgan fingerprint density at radius 1 is 1.05 bits per heavy atom. The molecule has 3 aliphatic carbocycles. The van der Waals surface area contributed by atoms with Gasteiger partial charge in [-0.2, -0.15) is 0 Å². The number of rotatable bonds is 10. The zero-order valence-electron chi connectivity index (χ0n) is 26.0. The minimum Gasteiger partial charge on any atom is -0.425 e. The summed E-state index contributed by atoms with van der Waals surface area (Å²) in [6.07, 6.45) is 8.24. The van der Waals surface area contributed by atoms with Gasteiger partial charge in [-0.25, -0.2) is 4.79 Å². The number of guanidine groups is 1. The van der Waals surface area contributed by atoms with Gasteiger partial charge in [0.05, 0.1) is 12.6 Å². The molecule has 1 aromatic carbocycles. The molecule has 0 saturated heterocycles. The lowest BCUT2D eigenvalue weighted by Crippen LogP contribution is -2.55. The fourth-order valence-corrected chi connectivity index (χ4v) is 8.84. The van der Waals surface area contributed by atoms with Crippen molar-refractivity contribution in [3.05, 3.63) is 28.8 Å². The lowest BCUT2D eigenvalue weighted by atomic mass is 9.43. The molecule has 2 saturated carbocycles. The number of ether oxygens (including phenoxy) is 1. The summed E-state index contributed by atoms with van der Waals surface area (Å²) in [4.78, 5) is 40.8. The largest absolute Gasteiger partial charge is 0.425 e. The minimum absolute atomic E-state index is 0.0162. The number of esters is 1. The normalized spacial score (nSPS) is 28.0. The summed E-state index contributed by atoms with van der Waals surface area (Å²) < 4.78 is 5.67. The molecule has 0 radical (unpaired) electrons. The smallest absolute Gasteiger partial charge is 0.330 e. The Kier molecular flexibility index (Phi) is 9.25. The van der Waals surface area contributed by atoms with Crippen molar-refractivity contribution in [3.8, 4) is 5.75 Å². The number of carbonyl (C=O) groups excluding carboxylic acids is 3. The van der Waals surface area contributed by atoms with Crippen LogP contribution in [0.5, 0.6) is 5.75 Å². The van der Waals surface area contributed by atoms with Crippen molar-refractivity contribution < 1.29 is 19.1 Å². The van der Waals surface area contributed by atoms with Crippen LogP contribution in [0.25, 0.3) is 0 Å². The first kappa shape index (κ1) is 31.8. The highest BCUT2D eigenvalue weighted by molar-refractivity contribution is 5.89. The summed E-state index contributed by atoms with van der Waals surface area (Å²) in [6.45, 7) is 11.8. The van der Waals surface area contributed by atoms with Gasteiger partial charge in [-0.1, -0.05) is 34.1 Å². The number of nitrogens with zero attached hydrogens (tertiary/aromatic N) is 1. The Bertz CT molecular complexity index is 1240. The molecule has 2 amide bonds. The summed E-state index contributed by atoms with van der Waals surface area (Å²) in [5, 5.41) is 4.99. The molecule has 2 unspecified atom stereocenters. The van der Waals surface area contributed by atoms with Crippen LogP contribution in [0.2, 0.25) is 0 Å². The Hall–Kier alpha value is -3.14. The average molecular weight is 583 g/mol. The molecule has 10 heteroatoms. The van der Waals surface area contributed by atoms with E-state index in [0.29, 0.717) is 41.9 Å². The van der Waals surface area contributed by atoms with E-state index in [0.717, 1.165) is 12.3 Å². The standard InChI is InChI=1S/C32H50N6O4/c1-19-14-21(42-26(40)18-37-25(39)17-38-28(41)22(33)8-6-13-36-29(34)35)15-20-16-24-31(4)11-7-10-30(2,3)23(31)9-12-32(24,5)27(19)20/h14-15,22-24H,6-13,16-18,33H2,1-5H3,(H,37,39)(H,38,41)(H4,34,35,36)/t22?,23?,24-,31+,32-/m1/s1. The van der Waals surface area contributed by atoms with Crippen LogP contribution in [-0.2, 0) is 26.2 Å². The highest BCUT2D eigenvalue weighted by Crippen LogP contribution is 2.67.